The number of hydrogen-bond donors (Lipinski definition) is 2. The zero-order chi connectivity index (χ0) is 17.9. The largest absolute Gasteiger partial charge is 0.507 e. The van der Waals surface area contributed by atoms with E-state index in [1.165, 1.54) is 0 Å². The Morgan fingerprint density at radius 2 is 1.89 bits per heavy atom. The van der Waals surface area contributed by atoms with Crippen molar-refractivity contribution in [2.24, 2.45) is 0 Å². The van der Waals surface area contributed by atoms with E-state index in [4.69, 9.17) is 0 Å². The van der Waals surface area contributed by atoms with Gasteiger partial charge in [-0.2, -0.15) is 0 Å². The van der Waals surface area contributed by atoms with Gasteiger partial charge in [-0.15, -0.1) is 35.0 Å². The molecule has 3 heterocycles. The monoisotopic (exact) mass is 421 g/mol. The van der Waals surface area contributed by atoms with E-state index >= 15 is 0 Å². The third-order valence-corrected chi connectivity index (χ3v) is 4.53. The molecule has 0 bridgehead atoms. The molecule has 1 atom stereocenters. The van der Waals surface area contributed by atoms with E-state index in [1.807, 2.05) is 13.1 Å². The van der Waals surface area contributed by atoms with Crippen LogP contribution in [0.3, 0.4) is 0 Å². The predicted molar refractivity (Wildman–Crippen MR) is 112 cm³/mol. The van der Waals surface area contributed by atoms with Crippen molar-refractivity contribution in [3.8, 4) is 28.4 Å². The summed E-state index contributed by atoms with van der Waals surface area (Å²) in [5, 5.41) is 22.1. The lowest BCUT2D eigenvalue weighted by Crippen LogP contribution is -2.30. The van der Waals surface area contributed by atoms with Crippen LogP contribution in [0.5, 0.6) is 5.75 Å². The second-order valence-corrected chi connectivity index (χ2v) is 6.17. The second-order valence-electron chi connectivity index (χ2n) is 6.17. The maximum atomic E-state index is 10.4. The maximum Gasteiger partial charge on any atom is 0.245 e. The third kappa shape index (κ3) is 4.46. The van der Waals surface area contributed by atoms with E-state index in [2.05, 4.69) is 35.4 Å². The molecule has 0 aliphatic carbocycles. The zero-order valence-electron chi connectivity index (χ0n) is 15.2. The van der Waals surface area contributed by atoms with Gasteiger partial charge in [-0.3, -0.25) is 0 Å². The van der Waals surface area contributed by atoms with E-state index in [0.29, 0.717) is 29.1 Å². The number of phenols is 1. The summed E-state index contributed by atoms with van der Waals surface area (Å²) in [6, 6.07) is 7.45. The molecule has 1 fully saturated rings. The molecular weight excluding hydrogens is 401 g/mol. The topological polar surface area (TPSA) is 100.0 Å². The maximum absolute atomic E-state index is 10.4. The van der Waals surface area contributed by atoms with Crippen LogP contribution in [0.1, 0.15) is 6.42 Å². The number of hydrogen-bond acceptors (Lipinski definition) is 8. The zero-order valence-corrected chi connectivity index (χ0v) is 16.8. The lowest BCUT2D eigenvalue weighted by Gasteiger charge is -2.15. The summed E-state index contributed by atoms with van der Waals surface area (Å²) in [6.07, 6.45) is 6.03. The molecule has 1 aliphatic heterocycles. The minimum absolute atomic E-state index is 0. The number of nitrogens with one attached hydrogen (secondary N) is 1. The molecule has 0 radical (unpaired) electrons. The first kappa shape index (κ1) is 21.7. The van der Waals surface area contributed by atoms with Gasteiger partial charge in [0, 0.05) is 42.7 Å². The Labute approximate surface area is 175 Å². The molecule has 148 valence electrons. The van der Waals surface area contributed by atoms with Crippen molar-refractivity contribution in [3.63, 3.8) is 0 Å². The van der Waals surface area contributed by atoms with Crippen molar-refractivity contribution in [2.75, 3.05) is 25.0 Å². The van der Waals surface area contributed by atoms with Gasteiger partial charge in [0.05, 0.1) is 6.20 Å². The summed E-state index contributed by atoms with van der Waals surface area (Å²) in [5.74, 6) is 1.26. The normalized spacial score (nSPS) is 15.6. The van der Waals surface area contributed by atoms with Gasteiger partial charge in [0.25, 0.3) is 0 Å². The number of benzene rings is 1. The Bertz CT molecular complexity index is 896. The van der Waals surface area contributed by atoms with Crippen LogP contribution >= 0.6 is 24.8 Å². The van der Waals surface area contributed by atoms with Gasteiger partial charge in [-0.05, 0) is 31.7 Å². The molecule has 1 aliphatic rings. The average Bonchev–Trinajstić information content (AvgIpc) is 3.18. The van der Waals surface area contributed by atoms with E-state index in [1.54, 1.807) is 36.8 Å². The fourth-order valence-corrected chi connectivity index (χ4v) is 3.05. The van der Waals surface area contributed by atoms with Crippen LogP contribution in [0.25, 0.3) is 22.6 Å². The number of aromatic nitrogens is 5. The molecule has 4 rings (SSSR count). The summed E-state index contributed by atoms with van der Waals surface area (Å²) < 4.78 is 0. The molecule has 0 saturated carbocycles. The van der Waals surface area contributed by atoms with E-state index in [-0.39, 0.29) is 30.6 Å². The quantitative estimate of drug-likeness (QED) is 0.661. The highest BCUT2D eigenvalue weighted by molar-refractivity contribution is 5.85. The Balaban J connectivity index is 0.00000140. The van der Waals surface area contributed by atoms with Crippen LogP contribution in [0.15, 0.2) is 42.9 Å². The molecule has 2 N–H and O–H groups in total. The van der Waals surface area contributed by atoms with Crippen molar-refractivity contribution in [1.29, 1.82) is 0 Å². The summed E-state index contributed by atoms with van der Waals surface area (Å²) in [6.45, 7) is 1.78. The smallest absolute Gasteiger partial charge is 0.245 e. The molecule has 28 heavy (non-hydrogen) atoms. The first-order valence-corrected chi connectivity index (χ1v) is 8.47. The van der Waals surface area contributed by atoms with E-state index < -0.39 is 0 Å². The Morgan fingerprint density at radius 3 is 2.50 bits per heavy atom. The molecule has 0 amide bonds. The van der Waals surface area contributed by atoms with Crippen LogP contribution in [-0.2, 0) is 0 Å². The van der Waals surface area contributed by atoms with Crippen LogP contribution in [0.2, 0.25) is 0 Å². The lowest BCUT2D eigenvalue weighted by molar-refractivity contribution is 0.477. The highest BCUT2D eigenvalue weighted by Gasteiger charge is 2.23. The van der Waals surface area contributed by atoms with Crippen molar-refractivity contribution in [2.45, 2.75) is 12.5 Å². The predicted octanol–water partition coefficient (Wildman–Crippen LogP) is 2.34. The van der Waals surface area contributed by atoms with Gasteiger partial charge in [0.2, 0.25) is 5.95 Å². The lowest BCUT2D eigenvalue weighted by atomic mass is 10.1. The van der Waals surface area contributed by atoms with Gasteiger partial charge in [-0.1, -0.05) is 6.07 Å². The SMILES string of the molecule is CNC1CCN(c2ncc(-c3ccc(-c4ncccn4)cc3O)nn2)C1.Cl.Cl. The van der Waals surface area contributed by atoms with Gasteiger partial charge >= 0.3 is 0 Å². The van der Waals surface area contributed by atoms with E-state index in [0.717, 1.165) is 25.1 Å². The number of anilines is 1. The molecule has 1 unspecified atom stereocenters. The molecule has 1 saturated heterocycles. The summed E-state index contributed by atoms with van der Waals surface area (Å²) >= 11 is 0. The molecule has 8 nitrogen and oxygen atoms in total. The summed E-state index contributed by atoms with van der Waals surface area (Å²) in [5.41, 5.74) is 1.83. The van der Waals surface area contributed by atoms with Crippen molar-refractivity contribution < 1.29 is 5.11 Å². The molecule has 2 aromatic heterocycles. The van der Waals surface area contributed by atoms with Gasteiger partial charge in [-0.25, -0.2) is 15.0 Å². The number of aromatic hydroxyl groups is 1. The van der Waals surface area contributed by atoms with Crippen molar-refractivity contribution >= 4 is 30.8 Å². The molecule has 10 heteroatoms. The Hall–Kier alpha value is -2.55. The number of halogens is 2. The van der Waals surface area contributed by atoms with Gasteiger partial charge < -0.3 is 15.3 Å². The number of rotatable bonds is 4. The highest BCUT2D eigenvalue weighted by Crippen LogP contribution is 2.31. The fraction of sp³-hybridized carbons (Fsp3) is 0.278. The minimum atomic E-state index is 0. The minimum Gasteiger partial charge on any atom is -0.507 e. The van der Waals surface area contributed by atoms with Crippen molar-refractivity contribution in [3.05, 3.63) is 42.9 Å². The summed E-state index contributed by atoms with van der Waals surface area (Å²) in [4.78, 5) is 14.9. The van der Waals surface area contributed by atoms with Crippen LogP contribution in [0.4, 0.5) is 5.95 Å². The molecule has 1 aromatic carbocycles. The van der Waals surface area contributed by atoms with E-state index in [9.17, 15) is 5.11 Å². The summed E-state index contributed by atoms with van der Waals surface area (Å²) in [7, 11) is 1.96. The number of phenolic OH excluding ortho intramolecular Hbond substituents is 1. The van der Waals surface area contributed by atoms with Crippen LogP contribution in [0, 0.1) is 0 Å². The average molecular weight is 422 g/mol. The van der Waals surface area contributed by atoms with Crippen LogP contribution < -0.4 is 10.2 Å². The Kier molecular flexibility index (Phi) is 7.45. The number of likely N-dealkylation sites (N-methyl/N-ethyl adjacent to an activating group) is 1. The van der Waals surface area contributed by atoms with Gasteiger partial charge in [0.15, 0.2) is 5.82 Å². The fourth-order valence-electron chi connectivity index (χ4n) is 3.05. The van der Waals surface area contributed by atoms with Crippen LogP contribution in [-0.4, -0.2) is 56.4 Å². The third-order valence-electron chi connectivity index (χ3n) is 4.53. The first-order valence-electron chi connectivity index (χ1n) is 8.47. The van der Waals surface area contributed by atoms with Crippen molar-refractivity contribution in [1.82, 2.24) is 30.5 Å². The number of nitrogens with zero attached hydrogens (tertiary/aromatic N) is 6. The van der Waals surface area contributed by atoms with Gasteiger partial charge in [0.1, 0.15) is 11.4 Å². The molecule has 0 spiro atoms. The molecule has 3 aromatic rings. The molecular formula is C18H21Cl2N7O. The Morgan fingerprint density at radius 1 is 1.11 bits per heavy atom. The first-order chi connectivity index (χ1) is 12.7. The highest BCUT2D eigenvalue weighted by atomic mass is 35.5. The second kappa shape index (κ2) is 9.59. The standard InChI is InChI=1S/C18H19N7O.2ClH/c1-19-13-5-8-25(11-13)18-22-10-15(23-24-18)14-4-3-12(9-16(14)26)17-20-6-2-7-21-17;;/h2-4,6-7,9-10,13,19,26H,5,8,11H2,1H3;2*1H.